The molecule has 54 heavy (non-hydrogen) atoms. The summed E-state index contributed by atoms with van der Waals surface area (Å²) in [5.74, 6) is 0. The summed E-state index contributed by atoms with van der Waals surface area (Å²) in [6.45, 7) is 0. The molecular weight excluding hydrogens is 653 g/mol. The first kappa shape index (κ1) is 31.6. The maximum absolute atomic E-state index is 2.46. The van der Waals surface area contributed by atoms with E-state index in [0.29, 0.717) is 0 Å². The van der Waals surface area contributed by atoms with Crippen LogP contribution in [-0.4, -0.2) is 4.57 Å². The molecule has 0 unspecified atom stereocenters. The van der Waals surface area contributed by atoms with Gasteiger partial charge in [0.2, 0.25) is 0 Å². The van der Waals surface area contributed by atoms with Crippen LogP contribution in [0.15, 0.2) is 218 Å². The molecule has 2 heteroatoms. The van der Waals surface area contributed by atoms with E-state index in [0.717, 1.165) is 28.3 Å². The fraction of sp³-hybridized carbons (Fsp3) is 0. The van der Waals surface area contributed by atoms with E-state index in [9.17, 15) is 0 Å². The van der Waals surface area contributed by atoms with E-state index < -0.39 is 0 Å². The first-order valence-electron chi connectivity index (χ1n) is 18.5. The standard InChI is InChI=1S/C52H36N2/c1-4-19-37(20-5-1)40-25-10-11-26-42(40)44-29-14-16-31-47(44)54-48-32-17-15-30-46(48)52-50(33-18-34-51(52)54)53(39-23-8-3-9-24-39)49-36-35-41(38-21-6-2-7-22-38)43-27-12-13-28-45(43)49/h1-36H. The SMILES string of the molecule is c1ccc(-c2ccccc2-c2ccccc2-n2c3ccccc3c3c(N(c4ccccc4)c4ccc(-c5ccccc5)c5ccccc45)cccc32)cc1. The van der Waals surface area contributed by atoms with Gasteiger partial charge in [0.1, 0.15) is 0 Å². The molecule has 0 radical (unpaired) electrons. The lowest BCUT2D eigenvalue weighted by Gasteiger charge is -2.28. The zero-order chi connectivity index (χ0) is 35.8. The van der Waals surface area contributed by atoms with Gasteiger partial charge in [-0.1, -0.05) is 176 Å². The minimum Gasteiger partial charge on any atom is -0.309 e. The molecule has 0 N–H and O–H groups in total. The monoisotopic (exact) mass is 688 g/mol. The Morgan fingerprint density at radius 2 is 0.833 bits per heavy atom. The highest BCUT2D eigenvalue weighted by Gasteiger charge is 2.24. The van der Waals surface area contributed by atoms with Gasteiger partial charge in [-0.15, -0.1) is 0 Å². The predicted molar refractivity (Wildman–Crippen MR) is 229 cm³/mol. The summed E-state index contributed by atoms with van der Waals surface area (Å²) in [6, 6.07) is 78.8. The maximum Gasteiger partial charge on any atom is 0.0562 e. The van der Waals surface area contributed by atoms with Crippen molar-refractivity contribution in [3.63, 3.8) is 0 Å². The van der Waals surface area contributed by atoms with Crippen molar-refractivity contribution >= 4 is 49.6 Å². The van der Waals surface area contributed by atoms with Crippen LogP contribution in [0.1, 0.15) is 0 Å². The second-order valence-electron chi connectivity index (χ2n) is 13.7. The number of nitrogens with zero attached hydrogens (tertiary/aromatic N) is 2. The van der Waals surface area contributed by atoms with Crippen molar-refractivity contribution < 1.29 is 0 Å². The number of anilines is 3. The molecule has 254 valence electrons. The van der Waals surface area contributed by atoms with E-state index in [1.54, 1.807) is 0 Å². The van der Waals surface area contributed by atoms with Crippen LogP contribution >= 0.6 is 0 Å². The van der Waals surface area contributed by atoms with Crippen molar-refractivity contribution in [3.8, 4) is 39.1 Å². The molecule has 0 saturated heterocycles. The number of rotatable bonds is 7. The third kappa shape index (κ3) is 5.27. The van der Waals surface area contributed by atoms with E-state index in [4.69, 9.17) is 0 Å². The van der Waals surface area contributed by atoms with Crippen LogP contribution in [0.5, 0.6) is 0 Å². The minimum atomic E-state index is 1.11. The largest absolute Gasteiger partial charge is 0.309 e. The zero-order valence-electron chi connectivity index (χ0n) is 29.7. The van der Waals surface area contributed by atoms with Gasteiger partial charge in [0.25, 0.3) is 0 Å². The highest BCUT2D eigenvalue weighted by Crippen LogP contribution is 2.47. The van der Waals surface area contributed by atoms with Crippen molar-refractivity contribution in [1.82, 2.24) is 4.57 Å². The summed E-state index contributed by atoms with van der Waals surface area (Å²) >= 11 is 0. The second-order valence-corrected chi connectivity index (χ2v) is 13.7. The van der Waals surface area contributed by atoms with E-state index in [2.05, 4.69) is 228 Å². The van der Waals surface area contributed by atoms with Gasteiger partial charge in [-0.2, -0.15) is 0 Å². The molecule has 1 heterocycles. The van der Waals surface area contributed by atoms with Crippen LogP contribution in [0, 0.1) is 0 Å². The normalized spacial score (nSPS) is 11.3. The lowest BCUT2D eigenvalue weighted by molar-refractivity contribution is 1.18. The summed E-state index contributed by atoms with van der Waals surface area (Å²) in [6.07, 6.45) is 0. The Kier molecular flexibility index (Phi) is 7.85. The second kappa shape index (κ2) is 13.4. The van der Waals surface area contributed by atoms with Crippen LogP contribution in [0.2, 0.25) is 0 Å². The average Bonchev–Trinajstić information content (AvgIpc) is 3.60. The molecule has 0 aliphatic rings. The maximum atomic E-state index is 2.46. The van der Waals surface area contributed by atoms with E-state index in [-0.39, 0.29) is 0 Å². The van der Waals surface area contributed by atoms with Gasteiger partial charge in [-0.05, 0) is 75.7 Å². The zero-order valence-corrected chi connectivity index (χ0v) is 29.7. The van der Waals surface area contributed by atoms with Gasteiger partial charge in [0.05, 0.1) is 28.1 Å². The molecule has 0 saturated carbocycles. The lowest BCUT2D eigenvalue weighted by Crippen LogP contribution is -2.11. The molecule has 0 fully saturated rings. The van der Waals surface area contributed by atoms with Crippen molar-refractivity contribution in [3.05, 3.63) is 218 Å². The Hall–Kier alpha value is -7.16. The topological polar surface area (TPSA) is 8.17 Å². The summed E-state index contributed by atoms with van der Waals surface area (Å²) in [5.41, 5.74) is 14.1. The number of para-hydroxylation sites is 3. The third-order valence-electron chi connectivity index (χ3n) is 10.6. The smallest absolute Gasteiger partial charge is 0.0562 e. The van der Waals surface area contributed by atoms with Gasteiger partial charge < -0.3 is 9.47 Å². The van der Waals surface area contributed by atoms with E-state index in [1.165, 1.54) is 60.4 Å². The predicted octanol–water partition coefficient (Wildman–Crippen LogP) is 14.4. The Labute approximate surface area is 315 Å². The Morgan fingerprint density at radius 3 is 1.57 bits per heavy atom. The number of fused-ring (bicyclic) bond motifs is 4. The van der Waals surface area contributed by atoms with Gasteiger partial charge in [0, 0.05) is 27.4 Å². The van der Waals surface area contributed by atoms with Crippen LogP contribution in [0.3, 0.4) is 0 Å². The Bertz CT molecular complexity index is 2930. The number of hydrogen-bond acceptors (Lipinski definition) is 1. The van der Waals surface area contributed by atoms with Crippen LogP contribution < -0.4 is 4.90 Å². The molecule has 1 aromatic heterocycles. The van der Waals surface area contributed by atoms with Gasteiger partial charge in [-0.25, -0.2) is 0 Å². The fourth-order valence-corrected chi connectivity index (χ4v) is 8.26. The van der Waals surface area contributed by atoms with Crippen molar-refractivity contribution in [2.45, 2.75) is 0 Å². The molecule has 0 bridgehead atoms. The highest BCUT2D eigenvalue weighted by molar-refractivity contribution is 6.18. The molecule has 0 aliphatic carbocycles. The molecule has 0 spiro atoms. The molecule has 2 nitrogen and oxygen atoms in total. The molecule has 0 amide bonds. The molecule has 10 aromatic rings. The van der Waals surface area contributed by atoms with Crippen molar-refractivity contribution in [2.24, 2.45) is 0 Å². The summed E-state index contributed by atoms with van der Waals surface area (Å²) < 4.78 is 2.46. The average molecular weight is 689 g/mol. The highest BCUT2D eigenvalue weighted by atomic mass is 15.1. The minimum absolute atomic E-state index is 1.11. The summed E-state index contributed by atoms with van der Waals surface area (Å²) in [5, 5.41) is 4.84. The first-order valence-corrected chi connectivity index (χ1v) is 18.5. The molecule has 10 rings (SSSR count). The Balaban J connectivity index is 1.25. The van der Waals surface area contributed by atoms with Crippen LogP contribution in [-0.2, 0) is 0 Å². The van der Waals surface area contributed by atoms with Crippen molar-refractivity contribution in [1.29, 1.82) is 0 Å². The van der Waals surface area contributed by atoms with Gasteiger partial charge >= 0.3 is 0 Å². The summed E-state index contributed by atoms with van der Waals surface area (Å²) in [7, 11) is 0. The van der Waals surface area contributed by atoms with Gasteiger partial charge in [0.15, 0.2) is 0 Å². The lowest BCUT2D eigenvalue weighted by atomic mass is 9.93. The molecular formula is C52H36N2. The third-order valence-corrected chi connectivity index (χ3v) is 10.6. The first-order chi connectivity index (χ1) is 26.8. The van der Waals surface area contributed by atoms with E-state index >= 15 is 0 Å². The number of benzene rings is 9. The van der Waals surface area contributed by atoms with Crippen LogP contribution in [0.4, 0.5) is 17.1 Å². The molecule has 0 aliphatic heterocycles. The molecule has 9 aromatic carbocycles. The van der Waals surface area contributed by atoms with Crippen molar-refractivity contribution in [2.75, 3.05) is 4.90 Å². The summed E-state index contributed by atoms with van der Waals surface area (Å²) in [4.78, 5) is 2.45. The number of hydrogen-bond donors (Lipinski definition) is 0. The number of aromatic nitrogens is 1. The Morgan fingerprint density at radius 1 is 0.296 bits per heavy atom. The quantitative estimate of drug-likeness (QED) is 0.162. The van der Waals surface area contributed by atoms with E-state index in [1.807, 2.05) is 0 Å². The molecule has 0 atom stereocenters. The van der Waals surface area contributed by atoms with Gasteiger partial charge in [-0.3, -0.25) is 0 Å². The van der Waals surface area contributed by atoms with Crippen LogP contribution in [0.25, 0.3) is 71.6 Å². The fourth-order valence-electron chi connectivity index (χ4n) is 8.26.